The number of aryl methyl sites for hydroxylation is 1. The number of carbonyl (C=O) groups is 1. The van der Waals surface area contributed by atoms with Crippen molar-refractivity contribution in [2.24, 2.45) is 5.29 Å². The van der Waals surface area contributed by atoms with Crippen LogP contribution in [0.25, 0.3) is 11.0 Å². The minimum absolute atomic E-state index is 0.0410. The van der Waals surface area contributed by atoms with Crippen LogP contribution in [0.1, 0.15) is 48.4 Å². The number of fused-ring (bicyclic) bond motifs is 1. The normalized spacial score (nSPS) is 11.0. The molecule has 0 spiro atoms. The monoisotopic (exact) mass is 646 g/mol. The predicted molar refractivity (Wildman–Crippen MR) is 139 cm³/mol. The van der Waals surface area contributed by atoms with Crippen molar-refractivity contribution < 1.29 is 13.9 Å². The zero-order valence-corrected chi connectivity index (χ0v) is 21.8. The van der Waals surface area contributed by atoms with Crippen LogP contribution >= 0.6 is 45.2 Å². The quantitative estimate of drug-likeness (QED) is 0.102. The molecule has 0 bridgehead atoms. The lowest BCUT2D eigenvalue weighted by atomic mass is 9.98. The Morgan fingerprint density at radius 3 is 2.52 bits per heavy atom. The van der Waals surface area contributed by atoms with Crippen LogP contribution in [-0.4, -0.2) is 30.5 Å². The number of furan rings is 1. The van der Waals surface area contributed by atoms with Gasteiger partial charge < -0.3 is 9.15 Å². The van der Waals surface area contributed by atoms with Gasteiger partial charge in [-0.05, 0) is 76.7 Å². The van der Waals surface area contributed by atoms with Gasteiger partial charge in [-0.1, -0.05) is 31.5 Å². The van der Waals surface area contributed by atoms with Crippen LogP contribution in [0.5, 0.6) is 5.75 Å². The molecule has 0 saturated carbocycles. The van der Waals surface area contributed by atoms with Crippen molar-refractivity contribution in [1.82, 2.24) is 5.01 Å². The summed E-state index contributed by atoms with van der Waals surface area (Å²) in [6.07, 6.45) is 2.73. The molecule has 0 aliphatic heterocycles. The number of carbonyl (C=O) groups excluding carboxylic acids is 1. The van der Waals surface area contributed by atoms with Gasteiger partial charge in [-0.2, -0.15) is 0 Å². The third kappa shape index (κ3) is 5.57. The minimum atomic E-state index is -0.0410. The maximum atomic E-state index is 13.5. The number of hydrogen-bond acceptors (Lipinski definition) is 5. The first kappa shape index (κ1) is 24.0. The number of nitroso groups, excluding NO2 is 1. The largest absolute Gasteiger partial charge is 0.489 e. The number of halogens is 2. The molecule has 0 saturated heterocycles. The van der Waals surface area contributed by atoms with Crippen molar-refractivity contribution in [1.29, 1.82) is 0 Å². The summed E-state index contributed by atoms with van der Waals surface area (Å²) in [6, 6.07) is 11.4. The van der Waals surface area contributed by atoms with Gasteiger partial charge in [0.05, 0.1) is 24.5 Å². The van der Waals surface area contributed by atoms with Gasteiger partial charge in [-0.3, -0.25) is 9.80 Å². The van der Waals surface area contributed by atoms with Gasteiger partial charge in [0.2, 0.25) is 0 Å². The number of para-hydroxylation sites is 1. The van der Waals surface area contributed by atoms with Crippen molar-refractivity contribution in [2.75, 3.05) is 19.7 Å². The second-order valence-electron chi connectivity index (χ2n) is 7.07. The molecule has 8 heteroatoms. The molecule has 0 fully saturated rings. The Morgan fingerprint density at radius 1 is 1.16 bits per heavy atom. The fourth-order valence-electron chi connectivity index (χ4n) is 3.34. The molecule has 0 atom stereocenters. The maximum Gasteiger partial charge on any atom is 0.197 e. The van der Waals surface area contributed by atoms with Crippen LogP contribution in [0.2, 0.25) is 0 Å². The van der Waals surface area contributed by atoms with E-state index >= 15 is 0 Å². The van der Waals surface area contributed by atoms with E-state index in [2.05, 4.69) is 57.4 Å². The van der Waals surface area contributed by atoms with E-state index in [-0.39, 0.29) is 5.78 Å². The van der Waals surface area contributed by atoms with E-state index in [1.54, 1.807) is 0 Å². The topological polar surface area (TPSA) is 72.1 Å². The molecule has 1 aromatic heterocycles. The smallest absolute Gasteiger partial charge is 0.197 e. The summed E-state index contributed by atoms with van der Waals surface area (Å²) in [5.41, 5.74) is 2.00. The summed E-state index contributed by atoms with van der Waals surface area (Å²) < 4.78 is 13.6. The highest BCUT2D eigenvalue weighted by Gasteiger charge is 2.23. The average Bonchev–Trinajstić information content (AvgIpc) is 3.14. The van der Waals surface area contributed by atoms with Crippen molar-refractivity contribution in [3.63, 3.8) is 0 Å². The van der Waals surface area contributed by atoms with Gasteiger partial charge in [0.25, 0.3) is 0 Å². The molecular weight excluding hydrogens is 622 g/mol. The second kappa shape index (κ2) is 11.3. The Morgan fingerprint density at radius 2 is 1.87 bits per heavy atom. The standard InChI is InChI=1S/C23H24I2N2O4/c1-3-5-9-20-21(16-8-6-7-10-19(16)31-20)22(28)15-13-17(24)23(18(25)14-15)30-12-11-27(4-2)26-29/h6-8,10,13-14H,3-5,9,11-12H2,1-2H3. The van der Waals surface area contributed by atoms with Crippen LogP contribution in [0.15, 0.2) is 46.1 Å². The lowest BCUT2D eigenvalue weighted by molar-refractivity contribution is 0.103. The molecule has 0 unspecified atom stereocenters. The van der Waals surface area contributed by atoms with Gasteiger partial charge in [0.15, 0.2) is 5.78 Å². The highest BCUT2D eigenvalue weighted by atomic mass is 127. The number of rotatable bonds is 11. The van der Waals surface area contributed by atoms with Gasteiger partial charge in [-0.15, -0.1) is 4.91 Å². The number of ketones is 1. The van der Waals surface area contributed by atoms with E-state index < -0.39 is 0 Å². The summed E-state index contributed by atoms with van der Waals surface area (Å²) in [4.78, 5) is 24.2. The number of benzene rings is 2. The summed E-state index contributed by atoms with van der Waals surface area (Å²) >= 11 is 4.37. The van der Waals surface area contributed by atoms with Crippen LogP contribution in [0, 0.1) is 12.0 Å². The van der Waals surface area contributed by atoms with E-state index in [0.29, 0.717) is 36.6 Å². The van der Waals surface area contributed by atoms with Gasteiger partial charge in [-0.25, -0.2) is 0 Å². The van der Waals surface area contributed by atoms with Crippen LogP contribution in [-0.2, 0) is 6.42 Å². The number of hydrogen-bond donors (Lipinski definition) is 0. The summed E-state index contributed by atoms with van der Waals surface area (Å²) in [7, 11) is 0. The molecule has 6 nitrogen and oxygen atoms in total. The molecule has 31 heavy (non-hydrogen) atoms. The molecule has 164 valence electrons. The molecule has 0 N–H and O–H groups in total. The fourth-order valence-corrected chi connectivity index (χ4v) is 5.42. The molecule has 0 aliphatic carbocycles. The summed E-state index contributed by atoms with van der Waals surface area (Å²) in [5.74, 6) is 1.42. The molecule has 0 amide bonds. The number of unbranched alkanes of at least 4 members (excludes halogenated alkanes) is 1. The molecule has 0 radical (unpaired) electrons. The van der Waals surface area contributed by atoms with Gasteiger partial charge in [0.1, 0.15) is 23.7 Å². The first-order valence-corrected chi connectivity index (χ1v) is 12.4. The SMILES string of the molecule is CCCCc1oc2ccccc2c1C(=O)c1cc(I)c(OCCN(CC)N=O)c(I)c1. The number of nitrogens with zero attached hydrogens (tertiary/aromatic N) is 2. The highest BCUT2D eigenvalue weighted by molar-refractivity contribution is 14.1. The van der Waals surface area contributed by atoms with E-state index in [1.165, 1.54) is 5.01 Å². The molecule has 2 aromatic carbocycles. The van der Waals surface area contributed by atoms with E-state index in [9.17, 15) is 9.70 Å². The molecule has 0 aliphatic rings. The van der Waals surface area contributed by atoms with Crippen LogP contribution < -0.4 is 4.74 Å². The summed E-state index contributed by atoms with van der Waals surface area (Å²) in [6.45, 7) is 5.27. The lowest BCUT2D eigenvalue weighted by Crippen LogP contribution is -2.22. The first-order valence-electron chi connectivity index (χ1n) is 10.2. The van der Waals surface area contributed by atoms with Crippen LogP contribution in [0.4, 0.5) is 0 Å². The molecule has 3 rings (SSSR count). The Labute approximate surface area is 208 Å². The maximum absolute atomic E-state index is 13.5. The number of ether oxygens (including phenoxy) is 1. The minimum Gasteiger partial charge on any atom is -0.489 e. The average molecular weight is 646 g/mol. The predicted octanol–water partition coefficient (Wildman–Crippen LogP) is 6.60. The number of likely N-dealkylation sites (N-methyl/N-ethyl adjacent to an activating group) is 1. The lowest BCUT2D eigenvalue weighted by Gasteiger charge is -2.15. The van der Waals surface area contributed by atoms with E-state index in [4.69, 9.17) is 9.15 Å². The van der Waals surface area contributed by atoms with E-state index in [0.717, 1.165) is 43.1 Å². The van der Waals surface area contributed by atoms with E-state index in [1.807, 2.05) is 43.3 Å². The Hall–Kier alpha value is -1.69. The molecule has 3 aromatic rings. The molecule has 1 heterocycles. The Bertz CT molecular complexity index is 1060. The van der Waals surface area contributed by atoms with Crippen LogP contribution in [0.3, 0.4) is 0 Å². The third-order valence-electron chi connectivity index (χ3n) is 4.99. The fraction of sp³-hybridized carbons (Fsp3) is 0.348. The Kier molecular flexibility index (Phi) is 8.70. The van der Waals surface area contributed by atoms with Gasteiger partial charge >= 0.3 is 0 Å². The summed E-state index contributed by atoms with van der Waals surface area (Å²) in [5, 5.41) is 5.20. The zero-order chi connectivity index (χ0) is 22.4. The second-order valence-corrected chi connectivity index (χ2v) is 9.40. The molecular formula is C23H24I2N2O4. The zero-order valence-electron chi connectivity index (χ0n) is 17.5. The van der Waals surface area contributed by atoms with Crippen molar-refractivity contribution in [3.05, 3.63) is 65.3 Å². The highest BCUT2D eigenvalue weighted by Crippen LogP contribution is 2.33. The van der Waals surface area contributed by atoms with Gasteiger partial charge in [0, 0.05) is 23.9 Å². The van der Waals surface area contributed by atoms with Crippen molar-refractivity contribution in [2.45, 2.75) is 33.1 Å². The van der Waals surface area contributed by atoms with Crippen molar-refractivity contribution in [3.8, 4) is 5.75 Å². The van der Waals surface area contributed by atoms with Crippen molar-refractivity contribution >= 4 is 61.9 Å². The first-order chi connectivity index (χ1) is 15.0. The Balaban J connectivity index is 1.90. The third-order valence-corrected chi connectivity index (χ3v) is 6.59.